The van der Waals surface area contributed by atoms with Gasteiger partial charge in [0, 0.05) is 10.1 Å². The maximum Gasteiger partial charge on any atom is 0.181 e. The van der Waals surface area contributed by atoms with Gasteiger partial charge in [0.1, 0.15) is 0 Å². The van der Waals surface area contributed by atoms with Crippen LogP contribution < -0.4 is 5.73 Å². The van der Waals surface area contributed by atoms with Crippen LogP contribution >= 0.6 is 11.8 Å². The van der Waals surface area contributed by atoms with Crippen LogP contribution in [0.15, 0.2) is 52.3 Å². The monoisotopic (exact) mass is 319 g/mol. The molecule has 0 aliphatic carbocycles. The highest BCUT2D eigenvalue weighted by molar-refractivity contribution is 8.01. The Bertz CT molecular complexity index is 760. The fraction of sp³-hybridized carbons (Fsp3) is 0.250. The predicted molar refractivity (Wildman–Crippen MR) is 87.4 cm³/mol. The number of hydrogen-bond acceptors (Lipinski definition) is 4. The molecule has 0 radical (unpaired) electrons. The van der Waals surface area contributed by atoms with Crippen molar-refractivity contribution in [1.29, 1.82) is 0 Å². The number of anilines is 1. The molecule has 1 unspecified atom stereocenters. The van der Waals surface area contributed by atoms with Gasteiger partial charge in [-0.2, -0.15) is 0 Å². The van der Waals surface area contributed by atoms with Gasteiger partial charge in [0.2, 0.25) is 0 Å². The van der Waals surface area contributed by atoms with E-state index < -0.39 is 9.84 Å². The third-order valence-corrected chi connectivity index (χ3v) is 7.02. The van der Waals surface area contributed by atoms with Crippen molar-refractivity contribution < 1.29 is 8.42 Å². The molecule has 3 nitrogen and oxygen atoms in total. The molecule has 2 aromatic rings. The van der Waals surface area contributed by atoms with Crippen molar-refractivity contribution in [3.63, 3.8) is 0 Å². The van der Waals surface area contributed by atoms with Gasteiger partial charge in [0.15, 0.2) is 9.84 Å². The highest BCUT2D eigenvalue weighted by atomic mass is 32.2. The molecule has 0 saturated heterocycles. The summed E-state index contributed by atoms with van der Waals surface area (Å²) in [5.41, 5.74) is 8.33. The van der Waals surface area contributed by atoms with E-state index in [0.717, 1.165) is 12.0 Å². The molecule has 0 amide bonds. The Morgan fingerprint density at radius 1 is 1.24 bits per heavy atom. The molecule has 1 atom stereocenters. The number of aryl methyl sites for hydroxylation is 1. The summed E-state index contributed by atoms with van der Waals surface area (Å²) in [4.78, 5) is 1.45. The zero-order valence-electron chi connectivity index (χ0n) is 11.7. The first-order valence-corrected chi connectivity index (χ1v) is 9.32. The van der Waals surface area contributed by atoms with E-state index in [1.165, 1.54) is 10.5 Å². The summed E-state index contributed by atoms with van der Waals surface area (Å²) in [5.74, 6) is 0.125. The minimum atomic E-state index is -3.36. The highest BCUT2D eigenvalue weighted by Gasteiger charge is 2.28. The molecule has 110 valence electrons. The first kappa shape index (κ1) is 14.5. The summed E-state index contributed by atoms with van der Waals surface area (Å²) < 4.78 is 25.2. The van der Waals surface area contributed by atoms with Gasteiger partial charge >= 0.3 is 0 Å². The van der Waals surface area contributed by atoms with Gasteiger partial charge in [-0.25, -0.2) is 8.42 Å². The topological polar surface area (TPSA) is 60.2 Å². The molecule has 1 heterocycles. The van der Waals surface area contributed by atoms with Crippen LogP contribution in [0, 0.1) is 6.92 Å². The van der Waals surface area contributed by atoms with Gasteiger partial charge in [-0.1, -0.05) is 24.3 Å². The van der Waals surface area contributed by atoms with E-state index in [9.17, 15) is 8.42 Å². The van der Waals surface area contributed by atoms with Crippen molar-refractivity contribution in [1.82, 2.24) is 0 Å². The second kappa shape index (κ2) is 5.39. The Balaban J connectivity index is 1.84. The molecule has 0 bridgehead atoms. The first-order chi connectivity index (χ1) is 9.95. The quantitative estimate of drug-likeness (QED) is 0.883. The number of fused-ring (bicyclic) bond motifs is 1. The number of hydrogen-bond donors (Lipinski definition) is 1. The fourth-order valence-corrected chi connectivity index (χ4v) is 6.06. The third-order valence-electron chi connectivity index (χ3n) is 3.62. The number of nitrogens with two attached hydrogens (primary N) is 1. The molecule has 2 aromatic carbocycles. The molecular formula is C16H17NO2S2. The van der Waals surface area contributed by atoms with Gasteiger partial charge in [-0.05, 0) is 42.7 Å². The maximum absolute atomic E-state index is 12.6. The first-order valence-electron chi connectivity index (χ1n) is 6.79. The second-order valence-electron chi connectivity index (χ2n) is 5.37. The largest absolute Gasteiger partial charge is 0.398 e. The van der Waals surface area contributed by atoms with E-state index >= 15 is 0 Å². The summed E-state index contributed by atoms with van der Waals surface area (Å²) in [6.07, 6.45) is 0.797. The highest BCUT2D eigenvalue weighted by Crippen LogP contribution is 2.38. The normalized spacial score (nSPS) is 17.7. The number of benzene rings is 2. The smallest absolute Gasteiger partial charge is 0.181 e. The molecule has 2 N–H and O–H groups in total. The predicted octanol–water partition coefficient (Wildman–Crippen LogP) is 3.07. The van der Waals surface area contributed by atoms with E-state index in [4.69, 9.17) is 5.73 Å². The molecule has 0 fully saturated rings. The summed E-state index contributed by atoms with van der Waals surface area (Å²) in [6.45, 7) is 1.87. The standard InChI is InChI=1S/C16H17NO2S2/c1-11-6-7-14(17)16(8-11)21(18,19)10-13-9-12-4-2-3-5-15(12)20-13/h2-8,13H,9-10,17H2,1H3. The van der Waals surface area contributed by atoms with E-state index in [1.807, 2.05) is 31.2 Å². The molecule has 1 aliphatic rings. The minimum Gasteiger partial charge on any atom is -0.398 e. The van der Waals surface area contributed by atoms with Crippen molar-refractivity contribution >= 4 is 27.3 Å². The molecule has 1 aliphatic heterocycles. The molecule has 0 aromatic heterocycles. The summed E-state index contributed by atoms with van der Waals surface area (Å²) >= 11 is 1.65. The molecule has 0 saturated carbocycles. The zero-order chi connectivity index (χ0) is 15.0. The Morgan fingerprint density at radius 3 is 2.76 bits per heavy atom. The summed E-state index contributed by atoms with van der Waals surface area (Å²) in [7, 11) is -3.36. The van der Waals surface area contributed by atoms with E-state index in [1.54, 1.807) is 23.9 Å². The third kappa shape index (κ3) is 2.94. The summed E-state index contributed by atoms with van der Waals surface area (Å²) in [5, 5.41) is 0.0623. The molecular weight excluding hydrogens is 302 g/mol. The zero-order valence-corrected chi connectivity index (χ0v) is 13.4. The van der Waals surface area contributed by atoms with Crippen LogP contribution in [-0.4, -0.2) is 19.4 Å². The number of sulfone groups is 1. The van der Waals surface area contributed by atoms with Crippen molar-refractivity contribution in [2.45, 2.75) is 28.4 Å². The lowest BCUT2D eigenvalue weighted by Crippen LogP contribution is -2.19. The molecule has 5 heteroatoms. The van der Waals surface area contributed by atoms with Crippen molar-refractivity contribution in [2.75, 3.05) is 11.5 Å². The van der Waals surface area contributed by atoms with Crippen LogP contribution in [0.1, 0.15) is 11.1 Å². The lowest BCUT2D eigenvalue weighted by Gasteiger charge is -2.12. The average molecular weight is 319 g/mol. The maximum atomic E-state index is 12.6. The Kier molecular flexibility index (Phi) is 3.71. The Labute approximate surface area is 129 Å². The lowest BCUT2D eigenvalue weighted by atomic mass is 10.1. The van der Waals surface area contributed by atoms with Gasteiger partial charge in [0.25, 0.3) is 0 Å². The molecule has 0 spiro atoms. The van der Waals surface area contributed by atoms with Gasteiger partial charge in [0.05, 0.1) is 16.3 Å². The lowest BCUT2D eigenvalue weighted by molar-refractivity contribution is 0.594. The van der Waals surface area contributed by atoms with Crippen molar-refractivity contribution in [3.8, 4) is 0 Å². The van der Waals surface area contributed by atoms with E-state index in [2.05, 4.69) is 6.07 Å². The minimum absolute atomic E-state index is 0.0623. The van der Waals surface area contributed by atoms with E-state index in [-0.39, 0.29) is 15.9 Å². The van der Waals surface area contributed by atoms with Gasteiger partial charge < -0.3 is 5.73 Å². The van der Waals surface area contributed by atoms with Gasteiger partial charge in [-0.3, -0.25) is 0 Å². The van der Waals surface area contributed by atoms with Crippen LogP contribution in [0.2, 0.25) is 0 Å². The van der Waals surface area contributed by atoms with Crippen molar-refractivity contribution in [3.05, 3.63) is 53.6 Å². The number of rotatable bonds is 3. The second-order valence-corrected chi connectivity index (χ2v) is 8.72. The SMILES string of the molecule is Cc1ccc(N)c(S(=O)(=O)CC2Cc3ccccc3S2)c1. The van der Waals surface area contributed by atoms with Crippen LogP contribution in [0.25, 0.3) is 0 Å². The number of thioether (sulfide) groups is 1. The average Bonchev–Trinajstić information content (AvgIpc) is 2.82. The summed E-state index contributed by atoms with van der Waals surface area (Å²) in [6, 6.07) is 13.3. The van der Waals surface area contributed by atoms with Crippen LogP contribution in [0.5, 0.6) is 0 Å². The van der Waals surface area contributed by atoms with Crippen LogP contribution in [-0.2, 0) is 16.3 Å². The Morgan fingerprint density at radius 2 is 2.00 bits per heavy atom. The molecule has 21 heavy (non-hydrogen) atoms. The van der Waals surface area contributed by atoms with Crippen LogP contribution in [0.4, 0.5) is 5.69 Å². The van der Waals surface area contributed by atoms with Crippen LogP contribution in [0.3, 0.4) is 0 Å². The Hall–Kier alpha value is -1.46. The molecule has 3 rings (SSSR count). The van der Waals surface area contributed by atoms with E-state index in [0.29, 0.717) is 5.69 Å². The number of nitrogen functional groups attached to an aromatic ring is 1. The van der Waals surface area contributed by atoms with Gasteiger partial charge in [-0.15, -0.1) is 11.8 Å². The van der Waals surface area contributed by atoms with Crippen molar-refractivity contribution in [2.24, 2.45) is 0 Å². The fourth-order valence-electron chi connectivity index (χ4n) is 2.59.